The summed E-state index contributed by atoms with van der Waals surface area (Å²) < 4.78 is 12.3. The lowest BCUT2D eigenvalue weighted by Crippen LogP contribution is -2.32. The third kappa shape index (κ3) is 5.75. The number of aryl methyl sites for hydroxylation is 1. The maximum Gasteiger partial charge on any atom is 0.252 e. The average Bonchev–Trinajstić information content (AvgIpc) is 3.32. The molecule has 0 aliphatic heterocycles. The number of nitrogens with one attached hydrogen (secondary N) is 1. The standard InChI is InChI=1S/C26H32N6O3/c1-5-24(25-28-29-30-32(25)12-13-34-3)31(16-19-7-10-22(35-4)11-8-19)17-21-15-20-9-6-18(2)14-23(20)27-26(21)33/h6-11,14-15,24H,5,12-13,16-17H2,1-4H3,(H,27,33). The van der Waals surface area contributed by atoms with E-state index in [-0.39, 0.29) is 11.6 Å². The minimum atomic E-state index is -0.0999. The summed E-state index contributed by atoms with van der Waals surface area (Å²) in [4.78, 5) is 18.4. The number of pyridine rings is 1. The Kier molecular flexibility index (Phi) is 7.89. The van der Waals surface area contributed by atoms with E-state index in [4.69, 9.17) is 9.47 Å². The predicted molar refractivity (Wildman–Crippen MR) is 134 cm³/mol. The fourth-order valence-corrected chi connectivity index (χ4v) is 4.33. The summed E-state index contributed by atoms with van der Waals surface area (Å²) in [6, 6.07) is 15.9. The van der Waals surface area contributed by atoms with E-state index < -0.39 is 0 Å². The number of aromatic nitrogens is 5. The van der Waals surface area contributed by atoms with Gasteiger partial charge in [-0.15, -0.1) is 5.10 Å². The largest absolute Gasteiger partial charge is 0.497 e. The molecular formula is C26H32N6O3. The fraction of sp³-hybridized carbons (Fsp3) is 0.385. The van der Waals surface area contributed by atoms with Crippen LogP contribution in [0.25, 0.3) is 10.9 Å². The number of nitrogens with zero attached hydrogens (tertiary/aromatic N) is 5. The van der Waals surface area contributed by atoms with Crippen LogP contribution in [0.3, 0.4) is 0 Å². The Morgan fingerprint density at radius 2 is 1.89 bits per heavy atom. The van der Waals surface area contributed by atoms with Gasteiger partial charge in [-0.3, -0.25) is 9.69 Å². The predicted octanol–water partition coefficient (Wildman–Crippen LogP) is 3.63. The second-order valence-corrected chi connectivity index (χ2v) is 8.64. The van der Waals surface area contributed by atoms with Gasteiger partial charge in [0.2, 0.25) is 0 Å². The number of ether oxygens (including phenoxy) is 2. The van der Waals surface area contributed by atoms with Crippen LogP contribution in [-0.2, 0) is 24.4 Å². The van der Waals surface area contributed by atoms with Crippen molar-refractivity contribution < 1.29 is 9.47 Å². The summed E-state index contributed by atoms with van der Waals surface area (Å²) in [5.41, 5.74) is 3.67. The zero-order valence-corrected chi connectivity index (χ0v) is 20.7. The second kappa shape index (κ2) is 11.2. The first-order valence-electron chi connectivity index (χ1n) is 11.8. The van der Waals surface area contributed by atoms with E-state index in [0.717, 1.165) is 40.0 Å². The molecule has 35 heavy (non-hydrogen) atoms. The molecule has 184 valence electrons. The molecule has 0 spiro atoms. The molecule has 0 bridgehead atoms. The first-order valence-corrected chi connectivity index (χ1v) is 11.8. The van der Waals surface area contributed by atoms with Gasteiger partial charge in [-0.05, 0) is 64.5 Å². The van der Waals surface area contributed by atoms with Gasteiger partial charge in [-0.1, -0.05) is 31.2 Å². The van der Waals surface area contributed by atoms with Gasteiger partial charge in [0.25, 0.3) is 5.56 Å². The highest BCUT2D eigenvalue weighted by molar-refractivity contribution is 5.79. The zero-order chi connectivity index (χ0) is 24.8. The number of methoxy groups -OCH3 is 2. The molecule has 0 saturated heterocycles. The molecule has 2 heterocycles. The van der Waals surface area contributed by atoms with E-state index in [1.54, 1.807) is 18.9 Å². The van der Waals surface area contributed by atoms with Crippen molar-refractivity contribution in [2.45, 2.75) is 45.9 Å². The topological polar surface area (TPSA) is 98.2 Å². The van der Waals surface area contributed by atoms with Crippen LogP contribution >= 0.6 is 0 Å². The van der Waals surface area contributed by atoms with Crippen molar-refractivity contribution in [3.8, 4) is 5.75 Å². The number of aromatic amines is 1. The van der Waals surface area contributed by atoms with Gasteiger partial charge in [0.05, 0.1) is 26.3 Å². The summed E-state index contributed by atoms with van der Waals surface area (Å²) in [7, 11) is 3.31. The number of hydrogen-bond donors (Lipinski definition) is 1. The summed E-state index contributed by atoms with van der Waals surface area (Å²) >= 11 is 0. The van der Waals surface area contributed by atoms with Gasteiger partial charge in [0, 0.05) is 31.3 Å². The molecule has 1 atom stereocenters. The van der Waals surface area contributed by atoms with Crippen molar-refractivity contribution in [2.75, 3.05) is 20.8 Å². The Morgan fingerprint density at radius 1 is 1.09 bits per heavy atom. The Balaban J connectivity index is 1.71. The molecule has 9 nitrogen and oxygen atoms in total. The highest BCUT2D eigenvalue weighted by Crippen LogP contribution is 2.27. The molecule has 9 heteroatoms. The minimum absolute atomic E-state index is 0.0864. The van der Waals surface area contributed by atoms with Crippen LogP contribution < -0.4 is 10.3 Å². The lowest BCUT2D eigenvalue weighted by molar-refractivity contribution is 0.151. The van der Waals surface area contributed by atoms with Crippen LogP contribution in [0.2, 0.25) is 0 Å². The molecule has 4 rings (SSSR count). The molecule has 0 fully saturated rings. The first-order chi connectivity index (χ1) is 17.0. The Morgan fingerprint density at radius 3 is 2.60 bits per heavy atom. The normalized spacial score (nSPS) is 12.4. The Hall–Kier alpha value is -3.56. The zero-order valence-electron chi connectivity index (χ0n) is 20.7. The number of H-pyrrole nitrogens is 1. The third-order valence-corrected chi connectivity index (χ3v) is 6.19. The maximum atomic E-state index is 13.1. The lowest BCUT2D eigenvalue weighted by atomic mass is 10.1. The minimum Gasteiger partial charge on any atom is -0.497 e. The van der Waals surface area contributed by atoms with Crippen LogP contribution in [0, 0.1) is 6.92 Å². The summed E-state index contributed by atoms with van der Waals surface area (Å²) in [5, 5.41) is 13.5. The van der Waals surface area contributed by atoms with Crippen molar-refractivity contribution in [3.05, 3.63) is 81.4 Å². The Labute approximate surface area is 204 Å². The van der Waals surface area contributed by atoms with Crippen molar-refractivity contribution in [2.24, 2.45) is 0 Å². The van der Waals surface area contributed by atoms with E-state index in [9.17, 15) is 4.79 Å². The molecule has 0 aliphatic rings. The fourth-order valence-electron chi connectivity index (χ4n) is 4.33. The molecular weight excluding hydrogens is 444 g/mol. The van der Waals surface area contributed by atoms with Crippen molar-refractivity contribution in [1.29, 1.82) is 0 Å². The molecule has 1 N–H and O–H groups in total. The van der Waals surface area contributed by atoms with Crippen LogP contribution in [0.1, 0.15) is 41.9 Å². The van der Waals surface area contributed by atoms with E-state index in [1.165, 1.54) is 0 Å². The van der Waals surface area contributed by atoms with Gasteiger partial charge in [0.1, 0.15) is 5.75 Å². The monoisotopic (exact) mass is 476 g/mol. The summed E-state index contributed by atoms with van der Waals surface area (Å²) in [6.45, 7) is 6.25. The number of benzene rings is 2. The molecule has 0 radical (unpaired) electrons. The molecule has 2 aromatic heterocycles. The van der Waals surface area contributed by atoms with Gasteiger partial charge in [-0.2, -0.15) is 0 Å². The quantitative estimate of drug-likeness (QED) is 0.353. The summed E-state index contributed by atoms with van der Waals surface area (Å²) in [6.07, 6.45) is 0.772. The van der Waals surface area contributed by atoms with Crippen molar-refractivity contribution in [3.63, 3.8) is 0 Å². The van der Waals surface area contributed by atoms with Gasteiger partial charge < -0.3 is 14.5 Å². The van der Waals surface area contributed by atoms with Crippen molar-refractivity contribution >= 4 is 10.9 Å². The van der Waals surface area contributed by atoms with Gasteiger partial charge in [-0.25, -0.2) is 4.68 Å². The van der Waals surface area contributed by atoms with Crippen LogP contribution in [0.15, 0.2) is 53.3 Å². The number of rotatable bonds is 11. The molecule has 4 aromatic rings. The van der Waals surface area contributed by atoms with Crippen molar-refractivity contribution in [1.82, 2.24) is 30.1 Å². The molecule has 0 amide bonds. The van der Waals surface area contributed by atoms with Crippen LogP contribution in [-0.4, -0.2) is 50.9 Å². The molecule has 0 saturated carbocycles. The highest BCUT2D eigenvalue weighted by atomic mass is 16.5. The van der Waals surface area contributed by atoms with E-state index in [1.807, 2.05) is 49.4 Å². The number of fused-ring (bicyclic) bond motifs is 1. The second-order valence-electron chi connectivity index (χ2n) is 8.64. The maximum absolute atomic E-state index is 13.1. The SMILES string of the molecule is CCC(c1nnnn1CCOC)N(Cc1ccc(OC)cc1)Cc1cc2ccc(C)cc2[nH]c1=O. The van der Waals surface area contributed by atoms with Gasteiger partial charge >= 0.3 is 0 Å². The van der Waals surface area contributed by atoms with Crippen LogP contribution in [0.4, 0.5) is 0 Å². The average molecular weight is 477 g/mol. The number of tetrazole rings is 1. The van der Waals surface area contributed by atoms with E-state index in [0.29, 0.717) is 31.8 Å². The molecule has 2 aromatic carbocycles. The Bertz CT molecular complexity index is 1310. The van der Waals surface area contributed by atoms with Crippen LogP contribution in [0.5, 0.6) is 5.75 Å². The highest BCUT2D eigenvalue weighted by Gasteiger charge is 2.26. The first kappa shape index (κ1) is 24.6. The lowest BCUT2D eigenvalue weighted by Gasteiger charge is -2.30. The van der Waals surface area contributed by atoms with Gasteiger partial charge in [0.15, 0.2) is 5.82 Å². The smallest absolute Gasteiger partial charge is 0.252 e. The van der Waals surface area contributed by atoms with E-state index in [2.05, 4.69) is 38.4 Å². The molecule has 1 unspecified atom stereocenters. The third-order valence-electron chi connectivity index (χ3n) is 6.19. The van der Waals surface area contributed by atoms with E-state index >= 15 is 0 Å². The number of hydrogen-bond acceptors (Lipinski definition) is 7. The molecule has 0 aliphatic carbocycles. The summed E-state index contributed by atoms with van der Waals surface area (Å²) in [5.74, 6) is 1.56.